The Labute approximate surface area is 154 Å². The van der Waals surface area contributed by atoms with Gasteiger partial charge < -0.3 is 19.7 Å². The van der Waals surface area contributed by atoms with E-state index < -0.39 is 0 Å². The van der Waals surface area contributed by atoms with Gasteiger partial charge in [-0.2, -0.15) is 0 Å². The first-order chi connectivity index (χ1) is 12.7. The highest BCUT2D eigenvalue weighted by Crippen LogP contribution is 2.34. The molecule has 8 nitrogen and oxygen atoms in total. The van der Waals surface area contributed by atoms with Gasteiger partial charge in [-0.25, -0.2) is 0 Å². The predicted molar refractivity (Wildman–Crippen MR) is 96.4 cm³/mol. The fourth-order valence-corrected chi connectivity index (χ4v) is 4.56. The lowest BCUT2D eigenvalue weighted by atomic mass is 9.87. The monoisotopic (exact) mass is 366 g/mol. The fraction of sp³-hybridized carbons (Fsp3) is 0.889. The molecule has 3 aliphatic heterocycles. The highest BCUT2D eigenvalue weighted by Gasteiger charge is 2.47. The minimum atomic E-state index is -0.189. The molecule has 3 fully saturated rings. The van der Waals surface area contributed by atoms with E-state index in [-0.39, 0.29) is 12.1 Å². The van der Waals surface area contributed by atoms with Gasteiger partial charge in [-0.05, 0) is 12.8 Å². The summed E-state index contributed by atoms with van der Waals surface area (Å²) < 4.78 is 12.1. The van der Waals surface area contributed by atoms with Gasteiger partial charge in [0.1, 0.15) is 0 Å². The van der Waals surface area contributed by atoms with Crippen LogP contribution >= 0.6 is 0 Å². The number of hydroxylamine groups is 2. The van der Waals surface area contributed by atoms with E-state index in [1.54, 1.807) is 0 Å². The van der Waals surface area contributed by atoms with E-state index in [1.165, 1.54) is 9.82 Å². The maximum absolute atomic E-state index is 13.2. The van der Waals surface area contributed by atoms with Crippen LogP contribution in [0.1, 0.15) is 25.7 Å². The van der Waals surface area contributed by atoms with Crippen LogP contribution in [0.15, 0.2) is 11.4 Å². The summed E-state index contributed by atoms with van der Waals surface area (Å²) in [5.74, 6) is 0. The Bertz CT molecular complexity index is 543. The normalized spacial score (nSPS) is 32.0. The van der Waals surface area contributed by atoms with Crippen molar-refractivity contribution in [3.05, 3.63) is 21.5 Å². The first-order valence-electron chi connectivity index (χ1n) is 9.99. The van der Waals surface area contributed by atoms with E-state index in [0.29, 0.717) is 50.9 Å². The average molecular weight is 366 g/mol. The van der Waals surface area contributed by atoms with Gasteiger partial charge >= 0.3 is 0 Å². The Hall–Kier alpha value is -1.06. The molecule has 0 aromatic rings. The maximum Gasteiger partial charge on any atom is 0.266 e. The number of hydrogen-bond donors (Lipinski definition) is 0. The SMILES string of the molecule is O=[N+]1C(CN2CCOCC2)=C(CN2CCOCC2)N([O-])[C@H]2CCCC[C@@H]21. The van der Waals surface area contributed by atoms with Crippen LogP contribution in [-0.4, -0.2) is 97.4 Å². The molecule has 2 atom stereocenters. The zero-order chi connectivity index (χ0) is 17.9. The number of rotatable bonds is 4. The molecule has 8 heteroatoms. The summed E-state index contributed by atoms with van der Waals surface area (Å²) in [7, 11) is 0. The molecule has 0 N–H and O–H groups in total. The molecule has 0 spiro atoms. The molecule has 26 heavy (non-hydrogen) atoms. The van der Waals surface area contributed by atoms with Crippen molar-refractivity contribution in [1.82, 2.24) is 14.9 Å². The minimum Gasteiger partial charge on any atom is -0.758 e. The molecule has 0 aromatic carbocycles. The van der Waals surface area contributed by atoms with Crippen molar-refractivity contribution in [2.45, 2.75) is 37.8 Å². The molecular weight excluding hydrogens is 336 g/mol. The molecular formula is C18H30N4O4. The molecule has 2 saturated heterocycles. The number of nitrogens with zero attached hydrogens (tertiary/aromatic N) is 4. The second-order valence-corrected chi connectivity index (χ2v) is 7.74. The molecule has 0 unspecified atom stereocenters. The lowest BCUT2D eigenvalue weighted by Crippen LogP contribution is -2.55. The van der Waals surface area contributed by atoms with Crippen LogP contribution in [0.3, 0.4) is 0 Å². The number of hydrogen-bond acceptors (Lipinski definition) is 7. The van der Waals surface area contributed by atoms with Gasteiger partial charge in [-0.15, -0.1) is 0 Å². The molecule has 146 valence electrons. The average Bonchev–Trinajstić information content (AvgIpc) is 2.70. The maximum atomic E-state index is 13.2. The zero-order valence-electron chi connectivity index (χ0n) is 15.5. The quantitative estimate of drug-likeness (QED) is 0.681. The first kappa shape index (κ1) is 18.3. The summed E-state index contributed by atoms with van der Waals surface area (Å²) >= 11 is 0. The summed E-state index contributed by atoms with van der Waals surface area (Å²) in [5.41, 5.74) is 1.35. The van der Waals surface area contributed by atoms with Gasteiger partial charge in [0.2, 0.25) is 6.04 Å². The van der Waals surface area contributed by atoms with Crippen molar-refractivity contribution >= 4 is 0 Å². The summed E-state index contributed by atoms with van der Waals surface area (Å²) in [5, 5.41) is 14.4. The van der Waals surface area contributed by atoms with Gasteiger partial charge in [-0.1, -0.05) is 6.42 Å². The van der Waals surface area contributed by atoms with Crippen molar-refractivity contribution in [1.29, 1.82) is 0 Å². The van der Waals surface area contributed by atoms with Crippen molar-refractivity contribution in [2.75, 3.05) is 65.7 Å². The van der Waals surface area contributed by atoms with Crippen LogP contribution in [0.4, 0.5) is 0 Å². The fourth-order valence-electron chi connectivity index (χ4n) is 4.56. The van der Waals surface area contributed by atoms with Crippen LogP contribution in [0, 0.1) is 10.1 Å². The summed E-state index contributed by atoms with van der Waals surface area (Å²) in [6.45, 7) is 7.13. The Morgan fingerprint density at radius 3 is 2.15 bits per heavy atom. The molecule has 3 heterocycles. The van der Waals surface area contributed by atoms with Gasteiger partial charge in [0.25, 0.3) is 5.70 Å². The Morgan fingerprint density at radius 2 is 1.50 bits per heavy atom. The van der Waals surface area contributed by atoms with E-state index in [1.807, 2.05) is 0 Å². The molecule has 0 bridgehead atoms. The molecule has 4 aliphatic rings. The third kappa shape index (κ3) is 3.80. The first-order valence-corrected chi connectivity index (χ1v) is 9.99. The van der Waals surface area contributed by atoms with Gasteiger partial charge in [0, 0.05) is 48.8 Å². The highest BCUT2D eigenvalue weighted by molar-refractivity contribution is 5.17. The molecule has 1 aliphatic carbocycles. The van der Waals surface area contributed by atoms with E-state index in [9.17, 15) is 10.1 Å². The van der Waals surface area contributed by atoms with Gasteiger partial charge in [-0.3, -0.25) is 9.80 Å². The summed E-state index contributed by atoms with van der Waals surface area (Å²) in [4.78, 5) is 17.7. The topological polar surface area (TPSA) is 71.3 Å². The van der Waals surface area contributed by atoms with E-state index in [4.69, 9.17) is 9.47 Å². The predicted octanol–water partition coefficient (Wildman–Crippen LogP) is 0.766. The van der Waals surface area contributed by atoms with Crippen molar-refractivity contribution in [3.8, 4) is 0 Å². The third-order valence-electron chi connectivity index (χ3n) is 6.12. The lowest BCUT2D eigenvalue weighted by molar-refractivity contribution is -0.560. The molecule has 1 saturated carbocycles. The molecule has 0 radical (unpaired) electrons. The Kier molecular flexibility index (Phi) is 5.85. The second kappa shape index (κ2) is 8.31. The smallest absolute Gasteiger partial charge is 0.266 e. The number of nitroso groups, excluding NO2 is 1. The van der Waals surface area contributed by atoms with Crippen molar-refractivity contribution in [3.63, 3.8) is 0 Å². The zero-order valence-corrected chi connectivity index (χ0v) is 15.5. The summed E-state index contributed by atoms with van der Waals surface area (Å²) in [6.07, 6.45) is 3.73. The minimum absolute atomic E-state index is 0.189. The standard InChI is InChI=1S/C18H30N4O4/c23-21-15-3-1-2-4-16(15)22(24)18(14-20-7-11-26-12-8-20)17(21)13-19-5-9-25-10-6-19/h15-16H,1-14H2/t15-,16-/m0/s1. The lowest BCUT2D eigenvalue weighted by Gasteiger charge is -2.47. The number of ether oxygens (including phenoxy) is 2. The van der Waals surface area contributed by atoms with Crippen LogP contribution in [0.5, 0.6) is 0 Å². The Balaban J connectivity index is 1.60. The Morgan fingerprint density at radius 1 is 0.923 bits per heavy atom. The second-order valence-electron chi connectivity index (χ2n) is 7.74. The van der Waals surface area contributed by atoms with Gasteiger partial charge in [0.05, 0.1) is 44.7 Å². The van der Waals surface area contributed by atoms with Gasteiger partial charge in [0.15, 0.2) is 0 Å². The van der Waals surface area contributed by atoms with Crippen LogP contribution in [-0.2, 0) is 9.47 Å². The molecule has 4 rings (SSSR count). The number of morpholine rings is 2. The van der Waals surface area contributed by atoms with Crippen molar-refractivity contribution in [2.24, 2.45) is 0 Å². The largest absolute Gasteiger partial charge is 0.758 e. The highest BCUT2D eigenvalue weighted by atomic mass is 16.5. The van der Waals surface area contributed by atoms with Crippen LogP contribution in [0.25, 0.3) is 0 Å². The number of fused-ring (bicyclic) bond motifs is 1. The van der Waals surface area contributed by atoms with Crippen LogP contribution < -0.4 is 0 Å². The van der Waals surface area contributed by atoms with E-state index in [0.717, 1.165) is 51.9 Å². The van der Waals surface area contributed by atoms with E-state index in [2.05, 4.69) is 9.80 Å². The summed E-state index contributed by atoms with van der Waals surface area (Å²) in [6, 6.07) is -0.378. The van der Waals surface area contributed by atoms with Crippen LogP contribution in [0.2, 0.25) is 0 Å². The molecule has 0 aromatic heterocycles. The van der Waals surface area contributed by atoms with Crippen molar-refractivity contribution < 1.29 is 14.2 Å². The molecule has 0 amide bonds. The third-order valence-corrected chi connectivity index (χ3v) is 6.12. The van der Waals surface area contributed by atoms with E-state index >= 15 is 0 Å².